The molecule has 0 spiro atoms. The number of rotatable bonds is 2. The van der Waals surface area contributed by atoms with Crippen molar-refractivity contribution in [3.05, 3.63) is 27.5 Å². The fraction of sp³-hybridized carbons (Fsp3) is 0.500. The summed E-state index contributed by atoms with van der Waals surface area (Å²) in [7, 11) is 1.90. The van der Waals surface area contributed by atoms with Gasteiger partial charge in [0.05, 0.1) is 16.4 Å². The van der Waals surface area contributed by atoms with Crippen LogP contribution in [0.4, 0.5) is 0 Å². The second-order valence-corrected chi connectivity index (χ2v) is 8.19. The largest absolute Gasteiger partial charge is 0.338 e. The van der Waals surface area contributed by atoms with Crippen LogP contribution in [0.15, 0.2) is 17.1 Å². The third-order valence-corrected chi connectivity index (χ3v) is 6.28. The maximum Gasteiger partial charge on any atom is 0.291 e. The standard InChI is InChI=1S/C18H22N4O2S/c1-11-6-4-5-7-21(11)15(23)10-22-18(24)16-13(9-19-22)17-14(20(16)3)8-12(2)25-17/h8-9,11H,4-7,10H2,1-3H3. The zero-order chi connectivity index (χ0) is 17.7. The number of nitrogens with zero attached hydrogens (tertiary/aromatic N) is 4. The van der Waals surface area contributed by atoms with E-state index in [9.17, 15) is 9.59 Å². The minimum Gasteiger partial charge on any atom is -0.338 e. The van der Waals surface area contributed by atoms with Crippen molar-refractivity contribution in [1.29, 1.82) is 0 Å². The molecule has 3 aromatic rings. The van der Waals surface area contributed by atoms with E-state index in [2.05, 4.69) is 25.0 Å². The lowest BCUT2D eigenvalue weighted by molar-refractivity contribution is -0.135. The monoisotopic (exact) mass is 358 g/mol. The number of fused-ring (bicyclic) bond motifs is 3. The first-order valence-electron chi connectivity index (χ1n) is 8.71. The van der Waals surface area contributed by atoms with Crippen LogP contribution >= 0.6 is 11.3 Å². The Balaban J connectivity index is 1.73. The average molecular weight is 358 g/mol. The van der Waals surface area contributed by atoms with Gasteiger partial charge in [0.1, 0.15) is 12.1 Å². The van der Waals surface area contributed by atoms with E-state index >= 15 is 0 Å². The van der Waals surface area contributed by atoms with Gasteiger partial charge in [0, 0.05) is 29.9 Å². The van der Waals surface area contributed by atoms with E-state index in [-0.39, 0.29) is 24.1 Å². The second-order valence-electron chi connectivity index (χ2n) is 6.93. The number of likely N-dealkylation sites (tertiary alicyclic amines) is 1. The number of amides is 1. The van der Waals surface area contributed by atoms with Gasteiger partial charge in [-0.15, -0.1) is 11.3 Å². The number of thiophene rings is 1. The topological polar surface area (TPSA) is 60.1 Å². The lowest BCUT2D eigenvalue weighted by Gasteiger charge is -2.33. The van der Waals surface area contributed by atoms with E-state index in [1.54, 1.807) is 17.5 Å². The Morgan fingerprint density at radius 3 is 2.96 bits per heavy atom. The minimum atomic E-state index is -0.195. The van der Waals surface area contributed by atoms with Crippen molar-refractivity contribution >= 4 is 38.4 Å². The number of carbonyl (C=O) groups is 1. The summed E-state index contributed by atoms with van der Waals surface area (Å²) in [6.07, 6.45) is 4.95. The number of piperidine rings is 1. The zero-order valence-corrected chi connectivity index (χ0v) is 15.6. The van der Waals surface area contributed by atoms with Crippen LogP contribution in [0.3, 0.4) is 0 Å². The summed E-state index contributed by atoms with van der Waals surface area (Å²) < 4.78 is 4.31. The summed E-state index contributed by atoms with van der Waals surface area (Å²) in [5.74, 6) is -0.0204. The highest BCUT2D eigenvalue weighted by molar-refractivity contribution is 7.20. The summed E-state index contributed by atoms with van der Waals surface area (Å²) in [5, 5.41) is 5.16. The molecule has 0 aliphatic carbocycles. The molecule has 1 atom stereocenters. The third-order valence-electron chi connectivity index (χ3n) is 5.20. The molecule has 0 aromatic carbocycles. The maximum atomic E-state index is 12.9. The highest BCUT2D eigenvalue weighted by atomic mass is 32.1. The molecule has 1 fully saturated rings. The highest BCUT2D eigenvalue weighted by Crippen LogP contribution is 2.32. The van der Waals surface area contributed by atoms with Crippen LogP contribution in [0.5, 0.6) is 0 Å². The van der Waals surface area contributed by atoms with Gasteiger partial charge in [-0.1, -0.05) is 0 Å². The molecule has 0 bridgehead atoms. The van der Waals surface area contributed by atoms with Crippen LogP contribution in [0, 0.1) is 6.92 Å². The maximum absolute atomic E-state index is 12.9. The molecule has 25 heavy (non-hydrogen) atoms. The van der Waals surface area contributed by atoms with Crippen molar-refractivity contribution < 1.29 is 4.79 Å². The van der Waals surface area contributed by atoms with Gasteiger partial charge >= 0.3 is 0 Å². The second kappa shape index (κ2) is 5.98. The summed E-state index contributed by atoms with van der Waals surface area (Å²) in [6, 6.07) is 2.33. The van der Waals surface area contributed by atoms with Crippen LogP contribution in [-0.4, -0.2) is 37.7 Å². The van der Waals surface area contributed by atoms with Crippen LogP contribution < -0.4 is 5.56 Å². The lowest BCUT2D eigenvalue weighted by atomic mass is 10.0. The van der Waals surface area contributed by atoms with E-state index in [4.69, 9.17) is 0 Å². The molecule has 1 saturated heterocycles. The SMILES string of the molecule is Cc1cc2c(s1)c1cnn(CC(=O)N3CCCCC3C)c(=O)c1n2C. The van der Waals surface area contributed by atoms with Crippen molar-refractivity contribution in [2.24, 2.45) is 7.05 Å². The Morgan fingerprint density at radius 1 is 1.40 bits per heavy atom. The van der Waals surface area contributed by atoms with Crippen molar-refractivity contribution in [2.75, 3.05) is 6.54 Å². The summed E-state index contributed by atoms with van der Waals surface area (Å²) >= 11 is 1.67. The van der Waals surface area contributed by atoms with E-state index < -0.39 is 0 Å². The van der Waals surface area contributed by atoms with E-state index in [0.717, 1.165) is 41.4 Å². The van der Waals surface area contributed by atoms with Crippen LogP contribution in [-0.2, 0) is 18.4 Å². The van der Waals surface area contributed by atoms with E-state index in [1.165, 1.54) is 9.56 Å². The van der Waals surface area contributed by atoms with Gasteiger partial charge in [-0.05, 0) is 39.2 Å². The Hall–Kier alpha value is -2.15. The van der Waals surface area contributed by atoms with Crippen molar-refractivity contribution in [1.82, 2.24) is 19.2 Å². The normalized spacial score (nSPS) is 18.4. The van der Waals surface area contributed by atoms with E-state index in [1.807, 2.05) is 16.5 Å². The molecule has 7 heteroatoms. The Morgan fingerprint density at radius 2 is 2.20 bits per heavy atom. The van der Waals surface area contributed by atoms with Crippen LogP contribution in [0.2, 0.25) is 0 Å². The van der Waals surface area contributed by atoms with E-state index in [0.29, 0.717) is 5.52 Å². The molecule has 6 nitrogen and oxygen atoms in total. The lowest BCUT2D eigenvalue weighted by Crippen LogP contribution is -2.45. The number of aryl methyl sites for hydroxylation is 2. The Bertz CT molecular complexity index is 1030. The van der Waals surface area contributed by atoms with Gasteiger partial charge in [-0.25, -0.2) is 4.68 Å². The smallest absolute Gasteiger partial charge is 0.291 e. The van der Waals surface area contributed by atoms with Crippen LogP contribution in [0.1, 0.15) is 31.1 Å². The minimum absolute atomic E-state index is 0.0109. The number of aromatic nitrogens is 3. The van der Waals surface area contributed by atoms with Gasteiger partial charge < -0.3 is 9.47 Å². The molecule has 1 unspecified atom stereocenters. The molecule has 132 valence electrons. The van der Waals surface area contributed by atoms with Gasteiger partial charge in [0.15, 0.2) is 0 Å². The first kappa shape index (κ1) is 16.3. The molecule has 1 amide bonds. The quantitative estimate of drug-likeness (QED) is 0.708. The molecular weight excluding hydrogens is 336 g/mol. The molecule has 1 aliphatic rings. The molecule has 0 N–H and O–H groups in total. The highest BCUT2D eigenvalue weighted by Gasteiger charge is 2.24. The molecule has 4 rings (SSSR count). The zero-order valence-electron chi connectivity index (χ0n) is 14.8. The van der Waals surface area contributed by atoms with Crippen molar-refractivity contribution in [3.63, 3.8) is 0 Å². The predicted octanol–water partition coefficient (Wildman–Crippen LogP) is 2.66. The number of hydrogen-bond donors (Lipinski definition) is 0. The van der Waals surface area contributed by atoms with Gasteiger partial charge in [-0.2, -0.15) is 5.10 Å². The first-order chi connectivity index (χ1) is 12.0. The fourth-order valence-corrected chi connectivity index (χ4v) is 4.88. The van der Waals surface area contributed by atoms with Gasteiger partial charge in [0.25, 0.3) is 5.56 Å². The summed E-state index contributed by atoms with van der Waals surface area (Å²) in [5.41, 5.74) is 1.47. The molecule has 3 aromatic heterocycles. The van der Waals surface area contributed by atoms with Gasteiger partial charge in [0.2, 0.25) is 5.91 Å². The van der Waals surface area contributed by atoms with Crippen molar-refractivity contribution in [3.8, 4) is 0 Å². The summed E-state index contributed by atoms with van der Waals surface area (Å²) in [4.78, 5) is 28.6. The summed E-state index contributed by atoms with van der Waals surface area (Å²) in [6.45, 7) is 4.92. The van der Waals surface area contributed by atoms with Crippen LogP contribution in [0.25, 0.3) is 21.1 Å². The average Bonchev–Trinajstić information content (AvgIpc) is 3.08. The fourth-order valence-electron chi connectivity index (χ4n) is 3.83. The number of hydrogen-bond acceptors (Lipinski definition) is 4. The molecule has 0 saturated carbocycles. The third kappa shape index (κ3) is 2.57. The van der Waals surface area contributed by atoms with Crippen molar-refractivity contribution in [2.45, 2.75) is 45.7 Å². The Kier molecular flexibility index (Phi) is 3.91. The molecule has 1 aliphatic heterocycles. The first-order valence-corrected chi connectivity index (χ1v) is 9.53. The predicted molar refractivity (Wildman–Crippen MR) is 100 cm³/mol. The molecular formula is C18H22N4O2S. The van der Waals surface area contributed by atoms with Gasteiger partial charge in [-0.3, -0.25) is 9.59 Å². The molecule has 4 heterocycles. The Labute approximate surface area is 149 Å². The molecule has 0 radical (unpaired) electrons. The number of carbonyl (C=O) groups excluding carboxylic acids is 1.